The molecule has 22 heavy (non-hydrogen) atoms. The summed E-state index contributed by atoms with van der Waals surface area (Å²) < 4.78 is 23.0. The Bertz CT molecular complexity index is 440. The van der Waals surface area contributed by atoms with Crippen LogP contribution < -0.4 is 0 Å². The summed E-state index contributed by atoms with van der Waals surface area (Å²) in [6, 6.07) is 0. The third kappa shape index (κ3) is 2.19. The molecule has 3 aliphatic rings. The minimum absolute atomic E-state index is 0.0363. The molecule has 0 aromatic carbocycles. The molecule has 126 valence electrons. The van der Waals surface area contributed by atoms with Crippen LogP contribution in [0.1, 0.15) is 33.6 Å². The highest BCUT2D eigenvalue weighted by Crippen LogP contribution is 2.57. The Kier molecular flexibility index (Phi) is 4.22. The number of aliphatic hydroxyl groups excluding tert-OH is 1. The summed E-state index contributed by atoms with van der Waals surface area (Å²) >= 11 is 0. The molecule has 0 amide bonds. The van der Waals surface area contributed by atoms with Crippen molar-refractivity contribution >= 4 is 5.97 Å². The van der Waals surface area contributed by atoms with Crippen molar-refractivity contribution in [3.05, 3.63) is 0 Å². The summed E-state index contributed by atoms with van der Waals surface area (Å²) in [5, 5.41) is 10.5. The van der Waals surface area contributed by atoms with E-state index in [1.807, 2.05) is 13.8 Å². The third-order valence-corrected chi connectivity index (χ3v) is 5.87. The van der Waals surface area contributed by atoms with Crippen molar-refractivity contribution in [2.45, 2.75) is 57.9 Å². The van der Waals surface area contributed by atoms with Crippen LogP contribution in [0.2, 0.25) is 0 Å². The second-order valence-corrected chi connectivity index (χ2v) is 6.91. The highest BCUT2D eigenvalue weighted by Gasteiger charge is 2.67. The lowest BCUT2D eigenvalue weighted by molar-refractivity contribution is -0.369. The number of hydrogen-bond acceptors (Lipinski definition) is 6. The number of ether oxygens (including phenoxy) is 4. The number of methoxy groups -OCH3 is 1. The van der Waals surface area contributed by atoms with Crippen LogP contribution >= 0.6 is 0 Å². The number of carbonyl (C=O) groups is 1. The van der Waals surface area contributed by atoms with Gasteiger partial charge in [-0.15, -0.1) is 0 Å². The maximum absolute atomic E-state index is 11.5. The van der Waals surface area contributed by atoms with Crippen molar-refractivity contribution in [2.75, 3.05) is 13.7 Å². The molecule has 2 aliphatic heterocycles. The lowest BCUT2D eigenvalue weighted by Crippen LogP contribution is -2.68. The molecule has 3 fully saturated rings. The number of aliphatic hydroxyl groups is 1. The highest BCUT2D eigenvalue weighted by molar-refractivity contribution is 5.66. The monoisotopic (exact) mass is 314 g/mol. The molecule has 6 nitrogen and oxygen atoms in total. The minimum atomic E-state index is -0.779. The van der Waals surface area contributed by atoms with Crippen molar-refractivity contribution in [2.24, 2.45) is 23.7 Å². The van der Waals surface area contributed by atoms with Gasteiger partial charge < -0.3 is 24.1 Å². The Morgan fingerprint density at radius 2 is 2.00 bits per heavy atom. The average molecular weight is 314 g/mol. The SMILES string of the molecule is CO[C@H]1O[C@H](OC(C)=O)[C@@]23OCC[C@H]2[C@H](C)[C@@H](O)C[C@H]3[C@H]1C. The van der Waals surface area contributed by atoms with E-state index in [-0.39, 0.29) is 29.8 Å². The van der Waals surface area contributed by atoms with Crippen LogP contribution in [0.15, 0.2) is 0 Å². The summed E-state index contributed by atoms with van der Waals surface area (Å²) in [5.74, 6) is -0.0954. The molecule has 2 saturated heterocycles. The normalized spacial score (nSPS) is 51.0. The van der Waals surface area contributed by atoms with Crippen molar-refractivity contribution in [3.63, 3.8) is 0 Å². The molecular weight excluding hydrogens is 288 g/mol. The van der Waals surface area contributed by atoms with Gasteiger partial charge in [0.05, 0.1) is 6.10 Å². The second-order valence-electron chi connectivity index (χ2n) is 6.91. The zero-order valence-corrected chi connectivity index (χ0v) is 13.7. The number of esters is 1. The Hall–Kier alpha value is -0.690. The Morgan fingerprint density at radius 3 is 2.64 bits per heavy atom. The smallest absolute Gasteiger partial charge is 0.305 e. The molecule has 0 radical (unpaired) electrons. The zero-order valence-electron chi connectivity index (χ0n) is 13.7. The largest absolute Gasteiger partial charge is 0.433 e. The summed E-state index contributed by atoms with van der Waals surface area (Å²) in [6.45, 7) is 6.07. The Labute approximate surface area is 131 Å². The number of rotatable bonds is 2. The summed E-state index contributed by atoms with van der Waals surface area (Å²) in [5.41, 5.74) is -0.668. The summed E-state index contributed by atoms with van der Waals surface area (Å²) in [6.07, 6.45) is -0.162. The van der Waals surface area contributed by atoms with Gasteiger partial charge >= 0.3 is 5.97 Å². The summed E-state index contributed by atoms with van der Waals surface area (Å²) in [4.78, 5) is 11.5. The van der Waals surface area contributed by atoms with E-state index in [2.05, 4.69) is 0 Å². The molecule has 8 atom stereocenters. The van der Waals surface area contributed by atoms with Gasteiger partial charge in [-0.25, -0.2) is 0 Å². The van der Waals surface area contributed by atoms with Crippen molar-refractivity contribution in [1.29, 1.82) is 0 Å². The van der Waals surface area contributed by atoms with E-state index < -0.39 is 24.2 Å². The molecule has 2 heterocycles. The topological polar surface area (TPSA) is 74.2 Å². The fourth-order valence-electron chi connectivity index (χ4n) is 4.80. The highest BCUT2D eigenvalue weighted by atomic mass is 16.8. The van der Waals surface area contributed by atoms with Crippen LogP contribution in [0.5, 0.6) is 0 Å². The third-order valence-electron chi connectivity index (χ3n) is 5.87. The molecule has 0 bridgehead atoms. The maximum Gasteiger partial charge on any atom is 0.305 e. The molecule has 1 saturated carbocycles. The lowest BCUT2D eigenvalue weighted by Gasteiger charge is -2.57. The molecule has 0 aromatic rings. The number of carbonyl (C=O) groups excluding carboxylic acids is 1. The van der Waals surface area contributed by atoms with Crippen LogP contribution in [-0.4, -0.2) is 49.1 Å². The predicted octanol–water partition coefficient (Wildman–Crippen LogP) is 1.31. The molecular formula is C16H26O6. The van der Waals surface area contributed by atoms with Crippen molar-refractivity contribution < 1.29 is 28.8 Å². The maximum atomic E-state index is 11.5. The molecule has 1 N–H and O–H groups in total. The van der Waals surface area contributed by atoms with Gasteiger partial charge in [-0.05, 0) is 18.8 Å². The molecule has 3 rings (SSSR count). The Balaban J connectivity index is 2.01. The van der Waals surface area contributed by atoms with E-state index in [4.69, 9.17) is 18.9 Å². The fraction of sp³-hybridized carbons (Fsp3) is 0.938. The van der Waals surface area contributed by atoms with E-state index in [1.165, 1.54) is 6.92 Å². The van der Waals surface area contributed by atoms with Crippen molar-refractivity contribution in [1.82, 2.24) is 0 Å². The molecule has 6 heteroatoms. The predicted molar refractivity (Wildman–Crippen MR) is 76.7 cm³/mol. The fourth-order valence-corrected chi connectivity index (χ4v) is 4.80. The van der Waals surface area contributed by atoms with Crippen LogP contribution in [0.3, 0.4) is 0 Å². The van der Waals surface area contributed by atoms with Gasteiger partial charge in [0.25, 0.3) is 0 Å². The van der Waals surface area contributed by atoms with E-state index >= 15 is 0 Å². The van der Waals surface area contributed by atoms with E-state index in [9.17, 15) is 9.90 Å². The van der Waals surface area contributed by atoms with Crippen LogP contribution in [-0.2, 0) is 23.7 Å². The van der Waals surface area contributed by atoms with Crippen LogP contribution in [0.25, 0.3) is 0 Å². The lowest BCUT2D eigenvalue weighted by atomic mass is 9.58. The van der Waals surface area contributed by atoms with Crippen LogP contribution in [0, 0.1) is 23.7 Å². The first-order valence-electron chi connectivity index (χ1n) is 8.09. The zero-order chi connectivity index (χ0) is 16.1. The van der Waals surface area contributed by atoms with E-state index in [0.717, 1.165) is 6.42 Å². The first kappa shape index (κ1) is 16.2. The van der Waals surface area contributed by atoms with Gasteiger partial charge in [-0.1, -0.05) is 13.8 Å². The quantitative estimate of drug-likeness (QED) is 0.775. The van der Waals surface area contributed by atoms with E-state index in [0.29, 0.717) is 13.0 Å². The van der Waals surface area contributed by atoms with Gasteiger partial charge in [-0.3, -0.25) is 4.79 Å². The molecule has 1 aliphatic carbocycles. The standard InChI is InChI=1S/C16H26O6/c1-8-11-5-6-20-16(11)12(7-13(8)18)9(2)14(19-4)22-15(16)21-10(3)17/h8-9,11-15,18H,5-7H2,1-4H3/t8-,9+,11-,12-,13-,14-,15-,16+/m0/s1. The first-order chi connectivity index (χ1) is 10.4. The van der Waals surface area contributed by atoms with Gasteiger partial charge in [-0.2, -0.15) is 0 Å². The van der Waals surface area contributed by atoms with Gasteiger partial charge in [0.2, 0.25) is 6.29 Å². The molecule has 1 spiro atoms. The van der Waals surface area contributed by atoms with Gasteiger partial charge in [0, 0.05) is 38.4 Å². The Morgan fingerprint density at radius 1 is 1.27 bits per heavy atom. The average Bonchev–Trinajstić information content (AvgIpc) is 2.90. The van der Waals surface area contributed by atoms with Crippen LogP contribution in [0.4, 0.5) is 0 Å². The van der Waals surface area contributed by atoms with Gasteiger partial charge in [0.15, 0.2) is 6.29 Å². The van der Waals surface area contributed by atoms with E-state index in [1.54, 1.807) is 7.11 Å². The minimum Gasteiger partial charge on any atom is -0.433 e. The van der Waals surface area contributed by atoms with Gasteiger partial charge in [0.1, 0.15) is 5.60 Å². The molecule has 0 unspecified atom stereocenters. The first-order valence-corrected chi connectivity index (χ1v) is 8.09. The van der Waals surface area contributed by atoms with Crippen molar-refractivity contribution in [3.8, 4) is 0 Å². The molecule has 0 aromatic heterocycles. The second kappa shape index (κ2) is 5.74. The number of hydrogen-bond donors (Lipinski definition) is 1. The summed E-state index contributed by atoms with van der Waals surface area (Å²) in [7, 11) is 1.58.